The van der Waals surface area contributed by atoms with E-state index in [0.29, 0.717) is 0 Å². The molecule has 2 unspecified atom stereocenters. The summed E-state index contributed by atoms with van der Waals surface area (Å²) < 4.78 is 15.8. The molecule has 0 saturated heterocycles. The Hall–Kier alpha value is -0.870. The molecule has 0 aliphatic heterocycles. The highest BCUT2D eigenvalue weighted by Gasteiger charge is 2.27. The Labute approximate surface area is 79.6 Å². The summed E-state index contributed by atoms with van der Waals surface area (Å²) in [5.74, 6) is 5.22. The normalized spacial score (nSPS) is 12.4. The van der Waals surface area contributed by atoms with Gasteiger partial charge in [-0.25, -0.2) is 4.79 Å². The number of hydrogen-bond donors (Lipinski definition) is 0. The van der Waals surface area contributed by atoms with Crippen molar-refractivity contribution in [3.8, 4) is 11.8 Å². The van der Waals surface area contributed by atoms with Gasteiger partial charge >= 0.3 is 13.8 Å². The molecule has 0 aromatic carbocycles. The van der Waals surface area contributed by atoms with Gasteiger partial charge in [-0.2, -0.15) is 0 Å². The summed E-state index contributed by atoms with van der Waals surface area (Å²) in [6.45, 7) is 3.68. The smallest absolute Gasteiger partial charge is 0.366 e. The summed E-state index contributed by atoms with van der Waals surface area (Å²) in [7, 11) is -0.311. The summed E-state index contributed by atoms with van der Waals surface area (Å²) in [6, 6.07) is 0. The highest BCUT2D eigenvalue weighted by Crippen LogP contribution is 2.26. The molecule has 0 aromatic heterocycles. The van der Waals surface area contributed by atoms with Gasteiger partial charge in [-0.15, -0.1) is 0 Å². The molecule has 2 atom stereocenters. The van der Waals surface area contributed by atoms with E-state index >= 15 is 0 Å². The molecule has 0 aromatic rings. The zero-order chi connectivity index (χ0) is 10.3. The molecular weight excluding hydrogens is 187 g/mol. The highest BCUT2D eigenvalue weighted by atomic mass is 31.1. The SMILES string of the molecule is CCC#CC(C)[P+](=O)CC(=O)OC. The quantitative estimate of drug-likeness (QED) is 0.397. The maximum absolute atomic E-state index is 11.4. The van der Waals surface area contributed by atoms with Crippen molar-refractivity contribution in [3.05, 3.63) is 0 Å². The van der Waals surface area contributed by atoms with Gasteiger partial charge in [0.1, 0.15) is 0 Å². The molecule has 4 heteroatoms. The lowest BCUT2D eigenvalue weighted by Crippen LogP contribution is -2.06. The minimum Gasteiger partial charge on any atom is -0.466 e. The third kappa shape index (κ3) is 5.38. The van der Waals surface area contributed by atoms with E-state index in [1.807, 2.05) is 6.92 Å². The van der Waals surface area contributed by atoms with E-state index in [1.54, 1.807) is 6.92 Å². The maximum Gasteiger partial charge on any atom is 0.366 e. The Kier molecular flexibility index (Phi) is 6.18. The second-order valence-corrected chi connectivity index (χ2v) is 4.43. The largest absolute Gasteiger partial charge is 0.466 e. The number of carbonyl (C=O) groups is 1. The summed E-state index contributed by atoms with van der Waals surface area (Å²) in [5, 5.41) is 0. The predicted octanol–water partition coefficient (Wildman–Crippen LogP) is 1.79. The summed E-state index contributed by atoms with van der Waals surface area (Å²) in [4.78, 5) is 10.7. The summed E-state index contributed by atoms with van der Waals surface area (Å²) >= 11 is 0. The van der Waals surface area contributed by atoms with E-state index in [4.69, 9.17) is 0 Å². The van der Waals surface area contributed by atoms with Crippen LogP contribution < -0.4 is 0 Å². The second-order valence-electron chi connectivity index (χ2n) is 2.50. The van der Waals surface area contributed by atoms with Gasteiger partial charge in [0.15, 0.2) is 0 Å². The predicted molar refractivity (Wildman–Crippen MR) is 52.0 cm³/mol. The average molecular weight is 201 g/mol. The van der Waals surface area contributed by atoms with E-state index in [0.717, 1.165) is 6.42 Å². The van der Waals surface area contributed by atoms with Gasteiger partial charge in [-0.05, 0) is 12.8 Å². The number of esters is 1. The lowest BCUT2D eigenvalue weighted by molar-refractivity contribution is -0.137. The van der Waals surface area contributed by atoms with Gasteiger partial charge in [-0.3, -0.25) is 0 Å². The standard InChI is InChI=1S/C9H14O3P/c1-4-5-6-8(2)13(11)7-9(10)12-3/h8H,4,7H2,1-3H3/q+1. The number of ether oxygens (including phenoxy) is 1. The van der Waals surface area contributed by atoms with Crippen molar-refractivity contribution in [2.45, 2.75) is 25.9 Å². The molecule has 0 saturated carbocycles. The van der Waals surface area contributed by atoms with E-state index in [9.17, 15) is 9.36 Å². The van der Waals surface area contributed by atoms with Crippen molar-refractivity contribution in [1.29, 1.82) is 0 Å². The molecule has 0 spiro atoms. The van der Waals surface area contributed by atoms with E-state index in [-0.39, 0.29) is 11.8 Å². The van der Waals surface area contributed by atoms with Gasteiger partial charge < -0.3 is 4.74 Å². The van der Waals surface area contributed by atoms with Crippen molar-refractivity contribution < 1.29 is 14.1 Å². The van der Waals surface area contributed by atoms with Crippen molar-refractivity contribution in [2.75, 3.05) is 13.3 Å². The molecule has 0 N–H and O–H groups in total. The maximum atomic E-state index is 11.4. The molecule has 13 heavy (non-hydrogen) atoms. The van der Waals surface area contributed by atoms with Crippen LogP contribution in [-0.2, 0) is 14.1 Å². The van der Waals surface area contributed by atoms with Crippen molar-refractivity contribution >= 4 is 13.8 Å². The van der Waals surface area contributed by atoms with E-state index < -0.39 is 13.8 Å². The molecule has 0 amide bonds. The molecule has 0 bridgehead atoms. The molecular formula is C9H14O3P+. The van der Waals surface area contributed by atoms with Crippen LogP contribution in [0.1, 0.15) is 20.3 Å². The number of hydrogen-bond acceptors (Lipinski definition) is 3. The first-order chi connectivity index (χ1) is 6.11. The molecule has 0 aliphatic rings. The van der Waals surface area contributed by atoms with Crippen LogP contribution in [-0.4, -0.2) is 24.9 Å². The Balaban J connectivity index is 4.04. The average Bonchev–Trinajstić information content (AvgIpc) is 2.13. The fourth-order valence-corrected chi connectivity index (χ4v) is 1.54. The topological polar surface area (TPSA) is 43.4 Å². The highest BCUT2D eigenvalue weighted by molar-refractivity contribution is 7.46. The Morgan fingerprint density at radius 2 is 2.23 bits per heavy atom. The molecule has 3 nitrogen and oxygen atoms in total. The van der Waals surface area contributed by atoms with Crippen molar-refractivity contribution in [3.63, 3.8) is 0 Å². The first kappa shape index (κ1) is 12.1. The summed E-state index contributed by atoms with van der Waals surface area (Å²) in [5.41, 5.74) is -0.228. The van der Waals surface area contributed by atoms with Crippen LogP contribution >= 0.6 is 7.80 Å². The lowest BCUT2D eigenvalue weighted by Gasteiger charge is -1.91. The second kappa shape index (κ2) is 6.62. The van der Waals surface area contributed by atoms with Crippen molar-refractivity contribution in [2.24, 2.45) is 0 Å². The lowest BCUT2D eigenvalue weighted by atomic mass is 10.4. The van der Waals surface area contributed by atoms with E-state index in [2.05, 4.69) is 16.6 Å². The first-order valence-electron chi connectivity index (χ1n) is 4.10. The molecule has 0 heterocycles. The third-order valence-electron chi connectivity index (χ3n) is 1.43. The van der Waals surface area contributed by atoms with Gasteiger partial charge in [0.2, 0.25) is 11.8 Å². The first-order valence-corrected chi connectivity index (χ1v) is 5.62. The van der Waals surface area contributed by atoms with Crippen molar-refractivity contribution in [1.82, 2.24) is 0 Å². The Bertz CT molecular complexity index is 249. The Morgan fingerprint density at radius 3 is 2.69 bits per heavy atom. The molecule has 72 valence electrons. The number of rotatable bonds is 3. The fraction of sp³-hybridized carbons (Fsp3) is 0.667. The zero-order valence-electron chi connectivity index (χ0n) is 8.16. The van der Waals surface area contributed by atoms with E-state index in [1.165, 1.54) is 7.11 Å². The van der Waals surface area contributed by atoms with Crippen LogP contribution in [0.15, 0.2) is 0 Å². The molecule has 0 aliphatic carbocycles. The number of methoxy groups -OCH3 is 1. The van der Waals surface area contributed by atoms with Gasteiger partial charge in [-0.1, -0.05) is 17.4 Å². The van der Waals surface area contributed by atoms with Crippen LogP contribution in [0.25, 0.3) is 0 Å². The van der Waals surface area contributed by atoms with Gasteiger partial charge in [0, 0.05) is 6.42 Å². The number of carbonyl (C=O) groups excluding carboxylic acids is 1. The molecule has 0 fully saturated rings. The van der Waals surface area contributed by atoms with Crippen LogP contribution in [0.5, 0.6) is 0 Å². The monoisotopic (exact) mass is 201 g/mol. The summed E-state index contributed by atoms with van der Waals surface area (Å²) in [6.07, 6.45) is 0.705. The minimum absolute atomic E-state index is 0.0363. The third-order valence-corrected chi connectivity index (χ3v) is 3.00. The van der Waals surface area contributed by atoms with Crippen LogP contribution in [0.4, 0.5) is 0 Å². The van der Waals surface area contributed by atoms with Crippen LogP contribution in [0.2, 0.25) is 0 Å². The Morgan fingerprint density at radius 1 is 1.62 bits per heavy atom. The van der Waals surface area contributed by atoms with Crippen LogP contribution in [0.3, 0.4) is 0 Å². The van der Waals surface area contributed by atoms with Gasteiger partial charge in [0.05, 0.1) is 7.11 Å². The minimum atomic E-state index is -1.60. The fourth-order valence-electron chi connectivity index (χ4n) is 0.650. The molecule has 0 radical (unpaired) electrons. The van der Waals surface area contributed by atoms with Gasteiger partial charge in [0.25, 0.3) is 0 Å². The molecule has 0 rings (SSSR count). The van der Waals surface area contributed by atoms with Crippen LogP contribution in [0, 0.1) is 11.8 Å². The zero-order valence-corrected chi connectivity index (χ0v) is 9.06.